The Labute approximate surface area is 167 Å². The van der Waals surface area contributed by atoms with Gasteiger partial charge in [0, 0.05) is 10.9 Å². The summed E-state index contributed by atoms with van der Waals surface area (Å²) in [4.78, 5) is 33.3. The van der Waals surface area contributed by atoms with Gasteiger partial charge in [-0.1, -0.05) is 34.8 Å². The minimum Gasteiger partial charge on any atom is -0.272 e. The minimum absolute atomic E-state index is 0.0966. The van der Waals surface area contributed by atoms with Gasteiger partial charge >= 0.3 is 11.1 Å². The van der Waals surface area contributed by atoms with Gasteiger partial charge in [-0.15, -0.1) is 11.3 Å². The van der Waals surface area contributed by atoms with Crippen LogP contribution in [0.2, 0.25) is 15.3 Å². The number of pyridine rings is 1. The molecule has 3 heterocycles. The molecule has 3 aromatic heterocycles. The van der Waals surface area contributed by atoms with Gasteiger partial charge in [0.1, 0.15) is 21.0 Å². The van der Waals surface area contributed by atoms with Gasteiger partial charge in [-0.2, -0.15) is 8.78 Å². The van der Waals surface area contributed by atoms with Crippen molar-refractivity contribution in [3.05, 3.63) is 59.4 Å². The molecule has 0 aliphatic rings. The second-order valence-corrected chi connectivity index (χ2v) is 7.24. The maximum atomic E-state index is 13.8. The van der Waals surface area contributed by atoms with E-state index in [1.165, 1.54) is 17.5 Å². The average Bonchev–Trinajstić information content (AvgIpc) is 2.98. The lowest BCUT2D eigenvalue weighted by molar-refractivity contribution is 0.0866. The van der Waals surface area contributed by atoms with Gasteiger partial charge in [0.05, 0.1) is 5.69 Å². The number of nitrogens with zero attached hydrogens (tertiary/aromatic N) is 3. The van der Waals surface area contributed by atoms with E-state index >= 15 is 0 Å². The van der Waals surface area contributed by atoms with Gasteiger partial charge in [-0.3, -0.25) is 9.78 Å². The van der Waals surface area contributed by atoms with Crippen LogP contribution in [0.4, 0.5) is 8.78 Å². The summed E-state index contributed by atoms with van der Waals surface area (Å²) in [6.45, 7) is 0. The van der Waals surface area contributed by atoms with Crippen molar-refractivity contribution in [1.29, 1.82) is 0 Å². The zero-order chi connectivity index (χ0) is 19.2. The number of alkyl halides is 3. The molecule has 0 unspecified atom stereocenters. The summed E-state index contributed by atoms with van der Waals surface area (Å²) in [5.74, 6) is 0. The number of hydrogen-bond donors (Lipinski definition) is 1. The zero-order valence-electron chi connectivity index (χ0n) is 12.1. The van der Waals surface area contributed by atoms with Crippen LogP contribution in [0, 0.1) is 0 Å². The number of aromatic nitrogens is 4. The van der Waals surface area contributed by atoms with Crippen LogP contribution >= 0.6 is 57.7 Å². The molecule has 0 radical (unpaired) electrons. The summed E-state index contributed by atoms with van der Waals surface area (Å²) >= 11 is 23.2. The van der Waals surface area contributed by atoms with Crippen molar-refractivity contribution in [2.24, 2.45) is 0 Å². The Kier molecular flexibility index (Phi) is 5.11. The second-order valence-electron chi connectivity index (χ2n) is 4.77. The number of rotatable bonds is 3. The Balaban J connectivity index is 2.24. The molecule has 6 nitrogen and oxygen atoms in total. The molecule has 0 aromatic carbocycles. The first-order chi connectivity index (χ1) is 12.1. The van der Waals surface area contributed by atoms with Crippen LogP contribution < -0.4 is 11.2 Å². The number of H-pyrrole nitrogens is 1. The van der Waals surface area contributed by atoms with E-state index in [4.69, 9.17) is 46.4 Å². The molecule has 13 heteroatoms. The molecule has 136 valence electrons. The molecular weight excluding hydrogens is 456 g/mol. The molecule has 26 heavy (non-hydrogen) atoms. The fraction of sp³-hybridized carbons (Fsp3) is 0.0769. The predicted molar refractivity (Wildman–Crippen MR) is 96.3 cm³/mol. The van der Waals surface area contributed by atoms with Crippen molar-refractivity contribution in [2.45, 2.75) is 5.38 Å². The van der Waals surface area contributed by atoms with E-state index < -0.39 is 27.3 Å². The van der Waals surface area contributed by atoms with E-state index in [2.05, 4.69) is 9.97 Å². The van der Waals surface area contributed by atoms with Crippen molar-refractivity contribution in [2.75, 3.05) is 0 Å². The topological polar surface area (TPSA) is 80.6 Å². The van der Waals surface area contributed by atoms with Crippen LogP contribution in [-0.4, -0.2) is 19.5 Å². The Bertz CT molecular complexity index is 1100. The largest absolute Gasteiger partial charge is 0.365 e. The van der Waals surface area contributed by atoms with Crippen LogP contribution in [0.3, 0.4) is 0 Å². The first-order valence-corrected chi connectivity index (χ1v) is 8.88. The van der Waals surface area contributed by atoms with E-state index in [1.54, 1.807) is 0 Å². The highest BCUT2D eigenvalue weighted by Crippen LogP contribution is 2.37. The van der Waals surface area contributed by atoms with Crippen molar-refractivity contribution < 1.29 is 8.78 Å². The highest BCUT2D eigenvalue weighted by molar-refractivity contribution is 7.12. The first-order valence-electron chi connectivity index (χ1n) is 6.49. The summed E-state index contributed by atoms with van der Waals surface area (Å²) in [5, 5.41) is -3.53. The van der Waals surface area contributed by atoms with E-state index in [9.17, 15) is 18.4 Å². The van der Waals surface area contributed by atoms with Crippen LogP contribution in [0.15, 0.2) is 27.1 Å². The second kappa shape index (κ2) is 6.90. The van der Waals surface area contributed by atoms with Gasteiger partial charge < -0.3 is 0 Å². The molecule has 0 aliphatic heterocycles. The first kappa shape index (κ1) is 19.2. The highest BCUT2D eigenvalue weighted by Gasteiger charge is 2.37. The lowest BCUT2D eigenvalue weighted by Crippen LogP contribution is -2.35. The maximum Gasteiger partial charge on any atom is 0.365 e. The number of aromatic amines is 1. The lowest BCUT2D eigenvalue weighted by Gasteiger charge is -2.14. The van der Waals surface area contributed by atoms with Crippen molar-refractivity contribution >= 4 is 57.7 Å². The van der Waals surface area contributed by atoms with E-state index in [-0.39, 0.29) is 21.1 Å². The van der Waals surface area contributed by atoms with E-state index in [0.29, 0.717) is 10.1 Å². The summed E-state index contributed by atoms with van der Waals surface area (Å²) in [6.07, 6.45) is 0. The summed E-state index contributed by atoms with van der Waals surface area (Å²) in [7, 11) is 0. The molecule has 0 aliphatic carbocycles. The third kappa shape index (κ3) is 3.63. The monoisotopic (exact) mass is 458 g/mol. The summed E-state index contributed by atoms with van der Waals surface area (Å²) in [6, 6.07) is 2.90. The smallest absolute Gasteiger partial charge is 0.272 e. The Hall–Kier alpha value is -1.52. The van der Waals surface area contributed by atoms with Crippen molar-refractivity contribution in [3.63, 3.8) is 0 Å². The zero-order valence-corrected chi connectivity index (χ0v) is 15.9. The molecule has 0 saturated heterocycles. The molecular formula is C13H4Cl4F2N4O2S. The third-order valence-electron chi connectivity index (χ3n) is 3.06. The average molecular weight is 460 g/mol. The van der Waals surface area contributed by atoms with Gasteiger partial charge in [0.2, 0.25) is 0 Å². The molecule has 0 saturated carbocycles. The molecule has 0 atom stereocenters. The molecule has 1 N–H and O–H groups in total. The number of nitrogens with one attached hydrogen (secondary N) is 1. The van der Waals surface area contributed by atoms with Gasteiger partial charge in [0.25, 0.3) is 5.56 Å². The van der Waals surface area contributed by atoms with E-state index in [0.717, 1.165) is 11.3 Å². The fourth-order valence-electron chi connectivity index (χ4n) is 2.06. The van der Waals surface area contributed by atoms with Crippen LogP contribution in [0.5, 0.6) is 0 Å². The lowest BCUT2D eigenvalue weighted by atomic mass is 10.2. The molecule has 0 fully saturated rings. The SMILES string of the molecule is O=c1[nH]c(=O)n(-c2nc(-c3cc(Cl)nc(Cl)c3)cs2)c(C(F)(F)Cl)c1Cl. The highest BCUT2D eigenvalue weighted by atomic mass is 35.5. The van der Waals surface area contributed by atoms with Crippen LogP contribution in [0.25, 0.3) is 16.4 Å². The number of thiazole rings is 1. The normalized spacial score (nSPS) is 11.8. The van der Waals surface area contributed by atoms with Gasteiger partial charge in [-0.05, 0) is 23.7 Å². The molecule has 0 spiro atoms. The standard InChI is InChI=1S/C13H4Cl4F2N4O2S/c14-6-1-4(2-7(15)21-6)5-3-26-12(20-5)23-9(13(17,18)19)8(16)10(24)22-11(23)25/h1-3H,(H,22,24,25). The molecule has 0 bridgehead atoms. The van der Waals surface area contributed by atoms with Crippen molar-refractivity contribution in [3.8, 4) is 16.4 Å². The van der Waals surface area contributed by atoms with Crippen LogP contribution in [0.1, 0.15) is 5.69 Å². The third-order valence-corrected chi connectivity index (χ3v) is 4.81. The van der Waals surface area contributed by atoms with Gasteiger partial charge in [-0.25, -0.2) is 19.3 Å². The minimum atomic E-state index is -4.08. The quantitative estimate of drug-likeness (QED) is 0.467. The Morgan fingerprint density at radius 3 is 2.31 bits per heavy atom. The molecule has 0 amide bonds. The Morgan fingerprint density at radius 2 is 1.73 bits per heavy atom. The predicted octanol–water partition coefficient (Wildman–Crippen LogP) is 4.29. The Morgan fingerprint density at radius 1 is 1.12 bits per heavy atom. The summed E-state index contributed by atoms with van der Waals surface area (Å²) < 4.78 is 28.0. The van der Waals surface area contributed by atoms with Gasteiger partial charge in [0.15, 0.2) is 5.13 Å². The maximum absolute atomic E-state index is 13.8. The number of hydrogen-bond acceptors (Lipinski definition) is 5. The van der Waals surface area contributed by atoms with Crippen molar-refractivity contribution in [1.82, 2.24) is 19.5 Å². The van der Waals surface area contributed by atoms with Crippen LogP contribution in [-0.2, 0) is 5.38 Å². The molecule has 3 aromatic rings. The number of halogens is 6. The van der Waals surface area contributed by atoms with E-state index in [1.807, 2.05) is 4.98 Å². The summed E-state index contributed by atoms with van der Waals surface area (Å²) in [5.41, 5.74) is -2.80. The fourth-order valence-corrected chi connectivity index (χ4v) is 3.84. The molecule has 3 rings (SSSR count).